The van der Waals surface area contributed by atoms with E-state index < -0.39 is 0 Å². The number of hydrogen-bond donors (Lipinski definition) is 1. The normalized spacial score (nSPS) is 24.5. The third-order valence-electron chi connectivity index (χ3n) is 2.28. The minimum absolute atomic E-state index is 0.108. The first-order valence-corrected chi connectivity index (χ1v) is 5.05. The first kappa shape index (κ1) is 10.4. The van der Waals surface area contributed by atoms with Gasteiger partial charge in [0.15, 0.2) is 0 Å². The van der Waals surface area contributed by atoms with E-state index in [1.54, 1.807) is 0 Å². The van der Waals surface area contributed by atoms with Gasteiger partial charge in [0, 0.05) is 6.04 Å². The van der Waals surface area contributed by atoms with Crippen LogP contribution < -0.4 is 15.2 Å². The van der Waals surface area contributed by atoms with E-state index in [0.717, 1.165) is 12.8 Å². The molecule has 1 heterocycles. The average molecular weight is 230 g/mol. The second-order valence-corrected chi connectivity index (χ2v) is 3.89. The molecule has 0 radical (unpaired) electrons. The molecule has 0 atom stereocenters. The van der Waals surface area contributed by atoms with Crippen LogP contribution in [0.1, 0.15) is 12.8 Å². The van der Waals surface area contributed by atoms with E-state index in [2.05, 4.69) is 9.97 Å². The molecule has 82 valence electrons. The molecule has 0 aromatic carbocycles. The lowest BCUT2D eigenvalue weighted by atomic mass is 9.90. The van der Waals surface area contributed by atoms with Crippen LogP contribution in [0, 0.1) is 0 Å². The van der Waals surface area contributed by atoms with Gasteiger partial charge < -0.3 is 15.2 Å². The topological polar surface area (TPSA) is 70.3 Å². The van der Waals surface area contributed by atoms with Gasteiger partial charge in [0.1, 0.15) is 11.1 Å². The van der Waals surface area contributed by atoms with Crippen LogP contribution in [0.15, 0.2) is 6.20 Å². The summed E-state index contributed by atoms with van der Waals surface area (Å²) in [5.74, 6) is 0.361. The number of rotatable bonds is 3. The van der Waals surface area contributed by atoms with Crippen LogP contribution in [0.25, 0.3) is 0 Å². The highest BCUT2D eigenvalue weighted by Gasteiger charge is 2.28. The van der Waals surface area contributed by atoms with Gasteiger partial charge in [-0.05, 0) is 12.8 Å². The van der Waals surface area contributed by atoms with Crippen LogP contribution in [0.2, 0.25) is 5.02 Å². The molecule has 0 saturated heterocycles. The largest absolute Gasteiger partial charge is 0.473 e. The second kappa shape index (κ2) is 4.20. The lowest BCUT2D eigenvalue weighted by molar-refractivity contribution is 0.0949. The van der Waals surface area contributed by atoms with Crippen molar-refractivity contribution in [3.8, 4) is 11.9 Å². The number of halogens is 1. The molecule has 0 amide bonds. The van der Waals surface area contributed by atoms with E-state index in [4.69, 9.17) is 26.8 Å². The Morgan fingerprint density at radius 3 is 2.87 bits per heavy atom. The van der Waals surface area contributed by atoms with Crippen LogP contribution in [0.3, 0.4) is 0 Å². The molecule has 5 nitrogen and oxygen atoms in total. The van der Waals surface area contributed by atoms with Crippen LogP contribution in [0.4, 0.5) is 0 Å². The maximum absolute atomic E-state index is 5.88. The van der Waals surface area contributed by atoms with Crippen molar-refractivity contribution < 1.29 is 9.47 Å². The van der Waals surface area contributed by atoms with Gasteiger partial charge in [-0.25, -0.2) is 4.98 Å². The van der Waals surface area contributed by atoms with Crippen LogP contribution >= 0.6 is 11.6 Å². The Balaban J connectivity index is 2.06. The highest BCUT2D eigenvalue weighted by atomic mass is 35.5. The second-order valence-electron chi connectivity index (χ2n) is 3.48. The summed E-state index contributed by atoms with van der Waals surface area (Å²) in [6, 6.07) is 0.482. The van der Waals surface area contributed by atoms with Crippen LogP contribution in [-0.4, -0.2) is 29.2 Å². The van der Waals surface area contributed by atoms with Crippen molar-refractivity contribution >= 4 is 11.6 Å². The SMILES string of the molecule is COc1ncc(Cl)c(OC2CC(N)C2)n1. The summed E-state index contributed by atoms with van der Waals surface area (Å²) in [4.78, 5) is 7.86. The Kier molecular flexibility index (Phi) is 2.93. The van der Waals surface area contributed by atoms with Crippen molar-refractivity contribution in [1.82, 2.24) is 9.97 Å². The molecule has 1 saturated carbocycles. The predicted octanol–water partition coefficient (Wildman–Crippen LogP) is 1.01. The molecule has 1 aromatic rings. The van der Waals surface area contributed by atoms with E-state index in [-0.39, 0.29) is 18.2 Å². The third-order valence-corrected chi connectivity index (χ3v) is 2.54. The molecule has 6 heteroatoms. The van der Waals surface area contributed by atoms with Crippen molar-refractivity contribution in [3.05, 3.63) is 11.2 Å². The van der Waals surface area contributed by atoms with Gasteiger partial charge in [0.2, 0.25) is 5.88 Å². The zero-order chi connectivity index (χ0) is 10.8. The van der Waals surface area contributed by atoms with E-state index in [0.29, 0.717) is 10.9 Å². The molecule has 2 rings (SSSR count). The van der Waals surface area contributed by atoms with Gasteiger partial charge >= 0.3 is 6.01 Å². The number of aromatic nitrogens is 2. The van der Waals surface area contributed by atoms with Gasteiger partial charge in [0.25, 0.3) is 0 Å². The first-order valence-electron chi connectivity index (χ1n) is 4.68. The summed E-state index contributed by atoms with van der Waals surface area (Å²) in [5.41, 5.74) is 5.65. The molecule has 1 fully saturated rings. The van der Waals surface area contributed by atoms with Crippen LogP contribution in [0.5, 0.6) is 11.9 Å². The van der Waals surface area contributed by atoms with Gasteiger partial charge in [-0.2, -0.15) is 4.98 Å². The summed E-state index contributed by atoms with van der Waals surface area (Å²) < 4.78 is 10.4. The maximum Gasteiger partial charge on any atom is 0.319 e. The number of nitrogens with zero attached hydrogens (tertiary/aromatic N) is 2. The van der Waals surface area contributed by atoms with Gasteiger partial charge in [-0.1, -0.05) is 11.6 Å². The van der Waals surface area contributed by atoms with Crippen molar-refractivity contribution in [2.24, 2.45) is 5.73 Å². The number of ether oxygens (including phenoxy) is 2. The van der Waals surface area contributed by atoms with Gasteiger partial charge in [0.05, 0.1) is 13.3 Å². The van der Waals surface area contributed by atoms with Crippen molar-refractivity contribution in [3.63, 3.8) is 0 Å². The Morgan fingerprint density at radius 2 is 2.27 bits per heavy atom. The lowest BCUT2D eigenvalue weighted by Crippen LogP contribution is -2.43. The zero-order valence-electron chi connectivity index (χ0n) is 8.31. The monoisotopic (exact) mass is 229 g/mol. The Bertz CT molecular complexity index is 355. The summed E-state index contributed by atoms with van der Waals surface area (Å²) >= 11 is 5.88. The highest BCUT2D eigenvalue weighted by molar-refractivity contribution is 6.31. The van der Waals surface area contributed by atoms with E-state index in [1.165, 1.54) is 13.3 Å². The Morgan fingerprint density at radius 1 is 1.53 bits per heavy atom. The molecule has 1 aliphatic rings. The van der Waals surface area contributed by atoms with Crippen molar-refractivity contribution in [2.45, 2.75) is 25.0 Å². The fourth-order valence-electron chi connectivity index (χ4n) is 1.38. The number of nitrogens with two attached hydrogens (primary N) is 1. The van der Waals surface area contributed by atoms with Gasteiger partial charge in [-0.3, -0.25) is 0 Å². The van der Waals surface area contributed by atoms with Crippen molar-refractivity contribution in [2.75, 3.05) is 7.11 Å². The molecule has 0 spiro atoms. The van der Waals surface area contributed by atoms with E-state index >= 15 is 0 Å². The fraction of sp³-hybridized carbons (Fsp3) is 0.556. The molecule has 1 aliphatic carbocycles. The molecule has 2 N–H and O–H groups in total. The van der Waals surface area contributed by atoms with E-state index in [1.807, 2.05) is 0 Å². The zero-order valence-corrected chi connectivity index (χ0v) is 9.07. The summed E-state index contributed by atoms with van der Waals surface area (Å²) in [6.07, 6.45) is 3.24. The Hall–Kier alpha value is -1.07. The quantitative estimate of drug-likeness (QED) is 0.838. The number of methoxy groups -OCH3 is 1. The molecule has 0 aliphatic heterocycles. The minimum Gasteiger partial charge on any atom is -0.473 e. The molecule has 0 unspecified atom stereocenters. The third kappa shape index (κ3) is 2.30. The Labute approximate surface area is 92.6 Å². The number of hydrogen-bond acceptors (Lipinski definition) is 5. The van der Waals surface area contributed by atoms with Crippen molar-refractivity contribution in [1.29, 1.82) is 0 Å². The average Bonchev–Trinajstić information content (AvgIpc) is 2.19. The maximum atomic E-state index is 5.88. The smallest absolute Gasteiger partial charge is 0.319 e. The lowest BCUT2D eigenvalue weighted by Gasteiger charge is -2.32. The summed E-state index contributed by atoms with van der Waals surface area (Å²) in [5, 5.41) is 0.385. The molecular weight excluding hydrogens is 218 g/mol. The minimum atomic E-state index is 0.108. The fourth-order valence-corrected chi connectivity index (χ4v) is 1.51. The summed E-state index contributed by atoms with van der Waals surface area (Å²) in [7, 11) is 1.49. The van der Waals surface area contributed by atoms with Crippen LogP contribution in [-0.2, 0) is 0 Å². The van der Waals surface area contributed by atoms with E-state index in [9.17, 15) is 0 Å². The highest BCUT2D eigenvalue weighted by Crippen LogP contribution is 2.28. The first-order chi connectivity index (χ1) is 7.19. The molecule has 15 heavy (non-hydrogen) atoms. The predicted molar refractivity (Wildman–Crippen MR) is 55.2 cm³/mol. The molecular formula is C9H12ClN3O2. The molecule has 1 aromatic heterocycles. The molecule has 0 bridgehead atoms. The van der Waals surface area contributed by atoms with Gasteiger partial charge in [-0.15, -0.1) is 0 Å². The summed E-state index contributed by atoms with van der Waals surface area (Å²) in [6.45, 7) is 0. The standard InChI is InChI=1S/C9H12ClN3O2/c1-14-9-12-4-7(10)8(13-9)15-6-2-5(11)3-6/h4-6H,2-3,11H2,1H3.